The minimum absolute atomic E-state index is 0.0107. The number of nitrogens with one attached hydrogen (secondary N) is 1. The smallest absolute Gasteiger partial charge is 0.255 e. The van der Waals surface area contributed by atoms with E-state index in [1.54, 1.807) is 50.0 Å². The number of hydrogen-bond acceptors (Lipinski definition) is 5. The molecular weight excluding hydrogens is 344 g/mol. The average molecular weight is 366 g/mol. The molecule has 2 aromatic rings. The van der Waals surface area contributed by atoms with Gasteiger partial charge in [0.2, 0.25) is 5.88 Å². The maximum Gasteiger partial charge on any atom is 0.255 e. The van der Waals surface area contributed by atoms with Crippen LogP contribution in [0.4, 0.5) is 0 Å². The lowest BCUT2D eigenvalue weighted by atomic mass is 9.96. The molecule has 7 heteroatoms. The molecule has 1 N–H and O–H groups in total. The summed E-state index contributed by atoms with van der Waals surface area (Å²) in [6.45, 7) is 0. The molecule has 4 heterocycles. The number of methoxy groups -OCH3 is 1. The number of ether oxygens (including phenoxy) is 1. The highest BCUT2D eigenvalue weighted by molar-refractivity contribution is 5.95. The summed E-state index contributed by atoms with van der Waals surface area (Å²) < 4.78 is 5.06. The standard InChI is InChI=1S/C20H22N4O3/c1-27-18-5-2-14(12-22-18)20(26)24-16-3-4-17(24)11-15(10-16)23-19(25)13-6-8-21-9-7-13/h2,5-9,12,15-17H,3-4,10-11H2,1H3,(H,23,25)/t15?,16-,17+. The predicted octanol–water partition coefficient (Wildman–Crippen LogP) is 2.05. The van der Waals surface area contributed by atoms with Gasteiger partial charge in [0.05, 0.1) is 12.7 Å². The molecule has 0 aliphatic carbocycles. The Hall–Kier alpha value is -2.96. The van der Waals surface area contributed by atoms with Crippen molar-refractivity contribution in [3.63, 3.8) is 0 Å². The molecule has 2 amide bonds. The molecule has 0 spiro atoms. The highest BCUT2D eigenvalue weighted by Crippen LogP contribution is 2.37. The van der Waals surface area contributed by atoms with E-state index in [0.29, 0.717) is 17.0 Å². The Labute approximate surface area is 157 Å². The molecule has 2 aromatic heterocycles. The van der Waals surface area contributed by atoms with Crippen LogP contribution in [0.3, 0.4) is 0 Å². The van der Waals surface area contributed by atoms with E-state index in [2.05, 4.69) is 15.3 Å². The molecule has 2 aliphatic heterocycles. The van der Waals surface area contributed by atoms with Crippen LogP contribution in [0.5, 0.6) is 5.88 Å². The first-order valence-corrected chi connectivity index (χ1v) is 9.19. The SMILES string of the molecule is COc1ccc(C(=O)N2[C@@H]3CC[C@H]2CC(NC(=O)c2ccncc2)C3)cn1. The number of pyridine rings is 2. The molecule has 2 fully saturated rings. The van der Waals surface area contributed by atoms with Crippen LogP contribution in [0, 0.1) is 0 Å². The van der Waals surface area contributed by atoms with E-state index in [-0.39, 0.29) is 29.9 Å². The van der Waals surface area contributed by atoms with Gasteiger partial charge in [-0.15, -0.1) is 0 Å². The molecule has 27 heavy (non-hydrogen) atoms. The zero-order valence-electron chi connectivity index (χ0n) is 15.2. The van der Waals surface area contributed by atoms with Gasteiger partial charge in [0, 0.05) is 48.3 Å². The van der Waals surface area contributed by atoms with E-state index in [1.807, 2.05) is 4.90 Å². The first-order valence-electron chi connectivity index (χ1n) is 9.19. The van der Waals surface area contributed by atoms with E-state index >= 15 is 0 Å². The Bertz CT molecular complexity index is 811. The van der Waals surface area contributed by atoms with Crippen LogP contribution in [0.2, 0.25) is 0 Å². The Morgan fingerprint density at radius 3 is 2.37 bits per heavy atom. The zero-order valence-corrected chi connectivity index (χ0v) is 15.2. The molecule has 0 saturated carbocycles. The van der Waals surface area contributed by atoms with Gasteiger partial charge in [-0.25, -0.2) is 4.98 Å². The summed E-state index contributed by atoms with van der Waals surface area (Å²) in [5.41, 5.74) is 1.19. The van der Waals surface area contributed by atoms with Crippen molar-refractivity contribution in [2.45, 2.75) is 43.8 Å². The maximum atomic E-state index is 13.0. The number of rotatable bonds is 4. The largest absolute Gasteiger partial charge is 0.481 e. The quantitative estimate of drug-likeness (QED) is 0.895. The Balaban J connectivity index is 1.42. The van der Waals surface area contributed by atoms with Crippen LogP contribution in [0.15, 0.2) is 42.9 Å². The van der Waals surface area contributed by atoms with Crippen molar-refractivity contribution in [3.8, 4) is 5.88 Å². The number of amides is 2. The molecule has 0 radical (unpaired) electrons. The predicted molar refractivity (Wildman–Crippen MR) is 98.5 cm³/mol. The lowest BCUT2D eigenvalue weighted by Crippen LogP contribution is -2.52. The Morgan fingerprint density at radius 2 is 1.78 bits per heavy atom. The molecule has 7 nitrogen and oxygen atoms in total. The van der Waals surface area contributed by atoms with Crippen LogP contribution in [-0.4, -0.2) is 51.9 Å². The summed E-state index contributed by atoms with van der Waals surface area (Å²) in [7, 11) is 1.55. The molecule has 2 saturated heterocycles. The van der Waals surface area contributed by atoms with E-state index in [1.165, 1.54) is 0 Å². The van der Waals surface area contributed by atoms with Gasteiger partial charge in [-0.1, -0.05) is 0 Å². The molecule has 1 unspecified atom stereocenters. The van der Waals surface area contributed by atoms with Crippen LogP contribution in [0.1, 0.15) is 46.4 Å². The number of fused-ring (bicyclic) bond motifs is 2. The van der Waals surface area contributed by atoms with E-state index < -0.39 is 0 Å². The van der Waals surface area contributed by atoms with Crippen LogP contribution >= 0.6 is 0 Å². The van der Waals surface area contributed by atoms with Crippen molar-refractivity contribution in [3.05, 3.63) is 54.0 Å². The van der Waals surface area contributed by atoms with Crippen molar-refractivity contribution in [2.24, 2.45) is 0 Å². The van der Waals surface area contributed by atoms with E-state index in [9.17, 15) is 9.59 Å². The third-order valence-electron chi connectivity index (χ3n) is 5.44. The molecule has 4 rings (SSSR count). The molecule has 0 aromatic carbocycles. The second-order valence-corrected chi connectivity index (χ2v) is 7.06. The highest BCUT2D eigenvalue weighted by Gasteiger charge is 2.43. The number of piperidine rings is 1. The first-order chi connectivity index (χ1) is 13.2. The van der Waals surface area contributed by atoms with Gasteiger partial charge in [0.25, 0.3) is 11.8 Å². The van der Waals surface area contributed by atoms with Crippen molar-refractivity contribution >= 4 is 11.8 Å². The maximum absolute atomic E-state index is 13.0. The van der Waals surface area contributed by atoms with Crippen LogP contribution in [0.25, 0.3) is 0 Å². The minimum atomic E-state index is -0.0825. The summed E-state index contributed by atoms with van der Waals surface area (Å²) in [6, 6.07) is 7.27. The highest BCUT2D eigenvalue weighted by atomic mass is 16.5. The minimum Gasteiger partial charge on any atom is -0.481 e. The molecule has 2 bridgehead atoms. The topological polar surface area (TPSA) is 84.4 Å². The zero-order chi connectivity index (χ0) is 18.8. The molecule has 140 valence electrons. The van der Waals surface area contributed by atoms with Crippen molar-refractivity contribution in [1.29, 1.82) is 0 Å². The normalized spacial score (nSPS) is 23.7. The van der Waals surface area contributed by atoms with Gasteiger partial charge >= 0.3 is 0 Å². The van der Waals surface area contributed by atoms with Crippen LogP contribution < -0.4 is 10.1 Å². The summed E-state index contributed by atoms with van der Waals surface area (Å²) in [5.74, 6) is 0.421. The van der Waals surface area contributed by atoms with Gasteiger partial charge in [-0.3, -0.25) is 14.6 Å². The third kappa shape index (κ3) is 3.49. The van der Waals surface area contributed by atoms with Gasteiger partial charge < -0.3 is 15.0 Å². The molecule has 2 aliphatic rings. The Kier molecular flexibility index (Phi) is 4.75. The fourth-order valence-electron chi connectivity index (χ4n) is 4.18. The molecular formula is C20H22N4O3. The fraction of sp³-hybridized carbons (Fsp3) is 0.400. The van der Waals surface area contributed by atoms with Gasteiger partial charge in [0.1, 0.15) is 0 Å². The molecule has 3 atom stereocenters. The Morgan fingerprint density at radius 1 is 1.07 bits per heavy atom. The summed E-state index contributed by atoms with van der Waals surface area (Å²) >= 11 is 0. The number of aromatic nitrogens is 2. The van der Waals surface area contributed by atoms with Crippen molar-refractivity contribution < 1.29 is 14.3 Å². The van der Waals surface area contributed by atoms with Crippen molar-refractivity contribution in [2.75, 3.05) is 7.11 Å². The summed E-state index contributed by atoms with van der Waals surface area (Å²) in [5, 5.41) is 3.12. The fourth-order valence-corrected chi connectivity index (χ4v) is 4.18. The lowest BCUT2D eigenvalue weighted by molar-refractivity contribution is 0.0549. The monoisotopic (exact) mass is 366 g/mol. The van der Waals surface area contributed by atoms with E-state index in [0.717, 1.165) is 25.7 Å². The second-order valence-electron chi connectivity index (χ2n) is 7.06. The summed E-state index contributed by atoms with van der Waals surface area (Å²) in [6.07, 6.45) is 8.30. The first kappa shape index (κ1) is 17.5. The summed E-state index contributed by atoms with van der Waals surface area (Å²) in [4.78, 5) is 35.4. The number of nitrogens with zero attached hydrogens (tertiary/aromatic N) is 3. The lowest BCUT2D eigenvalue weighted by Gasteiger charge is -2.39. The van der Waals surface area contributed by atoms with E-state index in [4.69, 9.17) is 4.74 Å². The third-order valence-corrected chi connectivity index (χ3v) is 5.44. The average Bonchev–Trinajstić information content (AvgIpc) is 2.98. The number of hydrogen-bond donors (Lipinski definition) is 1. The number of carbonyl (C=O) groups is 2. The van der Waals surface area contributed by atoms with Crippen LogP contribution in [-0.2, 0) is 0 Å². The van der Waals surface area contributed by atoms with Gasteiger partial charge in [-0.2, -0.15) is 0 Å². The van der Waals surface area contributed by atoms with Gasteiger partial charge in [0.15, 0.2) is 0 Å². The van der Waals surface area contributed by atoms with Crippen molar-refractivity contribution in [1.82, 2.24) is 20.2 Å². The second kappa shape index (κ2) is 7.34. The van der Waals surface area contributed by atoms with Gasteiger partial charge in [-0.05, 0) is 43.9 Å². The number of carbonyl (C=O) groups excluding carboxylic acids is 2.